The van der Waals surface area contributed by atoms with Crippen LogP contribution in [0.4, 0.5) is 4.39 Å². The molecule has 6 nitrogen and oxygen atoms in total. The molecule has 1 aromatic carbocycles. The van der Waals surface area contributed by atoms with Crippen molar-refractivity contribution >= 4 is 41.3 Å². The fourth-order valence-corrected chi connectivity index (χ4v) is 2.97. The van der Waals surface area contributed by atoms with Crippen molar-refractivity contribution in [3.63, 3.8) is 0 Å². The zero-order valence-corrected chi connectivity index (χ0v) is 18.6. The van der Waals surface area contributed by atoms with Crippen LogP contribution in [0.25, 0.3) is 0 Å². The molecule has 3 rings (SSSR count). The number of aromatic nitrogens is 2. The Morgan fingerprint density at radius 3 is 2.43 bits per heavy atom. The van der Waals surface area contributed by atoms with Crippen LogP contribution in [0.3, 0.4) is 0 Å². The van der Waals surface area contributed by atoms with E-state index in [-0.39, 0.29) is 29.8 Å². The fourth-order valence-electron chi connectivity index (χ4n) is 2.25. The molecule has 0 atom stereocenters. The molecule has 148 valence electrons. The Bertz CT molecular complexity index is 899. The number of benzene rings is 1. The second kappa shape index (κ2) is 10.9. The van der Waals surface area contributed by atoms with Crippen molar-refractivity contribution in [1.82, 2.24) is 20.6 Å². The summed E-state index contributed by atoms with van der Waals surface area (Å²) in [6.07, 6.45) is 3.59. The minimum Gasteiger partial charge on any atom is -0.439 e. The van der Waals surface area contributed by atoms with Gasteiger partial charge in [-0.15, -0.1) is 35.3 Å². The number of hydrogen-bond acceptors (Lipinski definition) is 5. The Kier molecular flexibility index (Phi) is 8.58. The number of halogens is 2. The number of pyridine rings is 1. The van der Waals surface area contributed by atoms with E-state index in [1.165, 1.54) is 17.0 Å². The van der Waals surface area contributed by atoms with Gasteiger partial charge >= 0.3 is 0 Å². The largest absolute Gasteiger partial charge is 0.439 e. The van der Waals surface area contributed by atoms with Crippen molar-refractivity contribution < 1.29 is 9.13 Å². The lowest BCUT2D eigenvalue weighted by Crippen LogP contribution is -2.36. The second-order valence-electron chi connectivity index (χ2n) is 5.70. The molecule has 2 aromatic heterocycles. The molecule has 28 heavy (non-hydrogen) atoms. The lowest BCUT2D eigenvalue weighted by Gasteiger charge is -2.11. The Hall–Kier alpha value is -2.27. The minimum atomic E-state index is -0.302. The number of nitrogens with zero attached hydrogens (tertiary/aromatic N) is 3. The number of ether oxygens (including phenoxy) is 1. The Morgan fingerprint density at radius 2 is 1.82 bits per heavy atom. The maximum atomic E-state index is 12.9. The van der Waals surface area contributed by atoms with E-state index in [9.17, 15) is 4.39 Å². The van der Waals surface area contributed by atoms with Crippen LogP contribution in [-0.2, 0) is 13.1 Å². The van der Waals surface area contributed by atoms with Crippen LogP contribution in [0.15, 0.2) is 53.8 Å². The quantitative estimate of drug-likeness (QED) is 0.293. The third kappa shape index (κ3) is 6.71. The number of thiazole rings is 1. The lowest BCUT2D eigenvalue weighted by molar-refractivity contribution is 0.461. The van der Waals surface area contributed by atoms with Gasteiger partial charge in [0.2, 0.25) is 5.88 Å². The maximum absolute atomic E-state index is 12.9. The number of rotatable bonds is 6. The molecule has 0 amide bonds. The van der Waals surface area contributed by atoms with Crippen LogP contribution in [-0.4, -0.2) is 23.0 Å². The lowest BCUT2D eigenvalue weighted by atomic mass is 10.3. The molecule has 0 saturated heterocycles. The van der Waals surface area contributed by atoms with Gasteiger partial charge in [0.1, 0.15) is 16.6 Å². The van der Waals surface area contributed by atoms with Crippen molar-refractivity contribution in [1.29, 1.82) is 0 Å². The van der Waals surface area contributed by atoms with Crippen LogP contribution in [0.2, 0.25) is 0 Å². The number of guanidine groups is 1. The van der Waals surface area contributed by atoms with Gasteiger partial charge in [0.25, 0.3) is 0 Å². The van der Waals surface area contributed by atoms with Crippen molar-refractivity contribution in [3.8, 4) is 11.6 Å². The fraction of sp³-hybridized carbons (Fsp3) is 0.211. The number of nitrogens with one attached hydrogen (secondary N) is 2. The van der Waals surface area contributed by atoms with E-state index < -0.39 is 0 Å². The zero-order valence-electron chi connectivity index (χ0n) is 15.5. The zero-order chi connectivity index (χ0) is 19.1. The summed E-state index contributed by atoms with van der Waals surface area (Å²) in [4.78, 5) is 14.0. The van der Waals surface area contributed by atoms with Gasteiger partial charge in [0.05, 0.1) is 6.54 Å². The summed E-state index contributed by atoms with van der Waals surface area (Å²) in [7, 11) is 1.72. The molecule has 2 N–H and O–H groups in total. The standard InChI is InChI=1S/C19H20FN5OS.HI/c1-13-9-23-18(27-13)12-25-19(21-2)24-11-14-3-8-17(22-10-14)26-16-6-4-15(20)5-7-16;/h3-10H,11-12H2,1-2H3,(H2,21,24,25);1H. The second-order valence-corrected chi connectivity index (χ2v) is 7.02. The van der Waals surface area contributed by atoms with E-state index in [1.54, 1.807) is 42.8 Å². The first-order chi connectivity index (χ1) is 13.1. The summed E-state index contributed by atoms with van der Waals surface area (Å²) < 4.78 is 18.5. The van der Waals surface area contributed by atoms with Crippen molar-refractivity contribution in [3.05, 3.63) is 70.1 Å². The molecule has 0 unspecified atom stereocenters. The van der Waals surface area contributed by atoms with Crippen LogP contribution < -0.4 is 15.4 Å². The smallest absolute Gasteiger partial charge is 0.219 e. The van der Waals surface area contributed by atoms with Crippen LogP contribution in [0, 0.1) is 12.7 Å². The molecule has 0 aliphatic carbocycles. The Morgan fingerprint density at radius 1 is 1.07 bits per heavy atom. The van der Waals surface area contributed by atoms with Crippen molar-refractivity contribution in [2.75, 3.05) is 7.05 Å². The molecule has 0 spiro atoms. The van der Waals surface area contributed by atoms with E-state index in [0.29, 0.717) is 30.7 Å². The molecule has 0 aliphatic heterocycles. The van der Waals surface area contributed by atoms with E-state index in [2.05, 4.69) is 25.6 Å². The average molecular weight is 513 g/mol. The molecule has 3 aromatic rings. The van der Waals surface area contributed by atoms with Gasteiger partial charge < -0.3 is 15.4 Å². The highest BCUT2D eigenvalue weighted by molar-refractivity contribution is 14.0. The van der Waals surface area contributed by atoms with E-state index >= 15 is 0 Å². The number of aliphatic imine (C=N–C) groups is 1. The Balaban J connectivity index is 0.00000280. The SMILES string of the molecule is CN=C(NCc1ccc(Oc2ccc(F)cc2)nc1)NCc1ncc(C)s1.I. The highest BCUT2D eigenvalue weighted by Gasteiger charge is 2.03. The molecule has 0 aliphatic rings. The van der Waals surface area contributed by atoms with Gasteiger partial charge in [-0.25, -0.2) is 14.4 Å². The molecule has 2 heterocycles. The summed E-state index contributed by atoms with van der Waals surface area (Å²) in [5, 5.41) is 7.47. The predicted molar refractivity (Wildman–Crippen MR) is 120 cm³/mol. The first kappa shape index (κ1) is 22.0. The number of hydrogen-bond donors (Lipinski definition) is 2. The molecule has 9 heteroatoms. The molecule has 0 radical (unpaired) electrons. The first-order valence-electron chi connectivity index (χ1n) is 8.36. The molecule has 0 fully saturated rings. The third-order valence-corrected chi connectivity index (χ3v) is 4.51. The monoisotopic (exact) mass is 513 g/mol. The van der Waals surface area contributed by atoms with Crippen LogP contribution in [0.5, 0.6) is 11.6 Å². The van der Waals surface area contributed by atoms with Gasteiger partial charge in [-0.1, -0.05) is 6.07 Å². The summed E-state index contributed by atoms with van der Waals surface area (Å²) >= 11 is 1.66. The van der Waals surface area contributed by atoms with Gasteiger partial charge in [0.15, 0.2) is 5.96 Å². The average Bonchev–Trinajstić information content (AvgIpc) is 3.10. The first-order valence-corrected chi connectivity index (χ1v) is 9.18. The van der Waals surface area contributed by atoms with E-state index in [4.69, 9.17) is 4.74 Å². The molecular formula is C19H21FIN5OS. The number of aryl methyl sites for hydroxylation is 1. The molecular weight excluding hydrogens is 492 g/mol. The van der Waals surface area contributed by atoms with E-state index in [1.807, 2.05) is 19.2 Å². The van der Waals surface area contributed by atoms with Crippen molar-refractivity contribution in [2.45, 2.75) is 20.0 Å². The maximum Gasteiger partial charge on any atom is 0.219 e. The summed E-state index contributed by atoms with van der Waals surface area (Å²) in [6.45, 7) is 3.23. The third-order valence-electron chi connectivity index (χ3n) is 3.59. The van der Waals surface area contributed by atoms with Gasteiger partial charge in [-0.05, 0) is 36.8 Å². The topological polar surface area (TPSA) is 71.4 Å². The van der Waals surface area contributed by atoms with Gasteiger partial charge in [-0.2, -0.15) is 0 Å². The van der Waals surface area contributed by atoms with Crippen molar-refractivity contribution in [2.24, 2.45) is 4.99 Å². The molecule has 0 bridgehead atoms. The predicted octanol–water partition coefficient (Wildman–Crippen LogP) is 4.26. The highest BCUT2D eigenvalue weighted by Crippen LogP contribution is 2.19. The van der Waals surface area contributed by atoms with E-state index in [0.717, 1.165) is 10.6 Å². The van der Waals surface area contributed by atoms with Crippen LogP contribution >= 0.6 is 35.3 Å². The highest BCUT2D eigenvalue weighted by atomic mass is 127. The van der Waals surface area contributed by atoms with Gasteiger partial charge in [-0.3, -0.25) is 4.99 Å². The Labute approximate surface area is 184 Å². The minimum absolute atomic E-state index is 0. The van der Waals surface area contributed by atoms with Crippen LogP contribution in [0.1, 0.15) is 15.4 Å². The summed E-state index contributed by atoms with van der Waals surface area (Å²) in [5.74, 6) is 1.38. The summed E-state index contributed by atoms with van der Waals surface area (Å²) in [5.41, 5.74) is 0.981. The van der Waals surface area contributed by atoms with Gasteiger partial charge in [0, 0.05) is 36.9 Å². The normalized spacial score (nSPS) is 10.9. The summed E-state index contributed by atoms with van der Waals surface area (Å²) in [6, 6.07) is 9.50. The molecule has 0 saturated carbocycles.